The zero-order chi connectivity index (χ0) is 22.6. The molecule has 5 unspecified atom stereocenters. The smallest absolute Gasteiger partial charge is 0.391 e. The third-order valence-electron chi connectivity index (χ3n) is 6.94. The SMILES string of the molecule is O=S(=O)(C1CC(C(F)(F)F)CCC1Cl)N1CCN(CC2CCCC(OCCO)C2)CC1. The monoisotopic (exact) mass is 490 g/mol. The van der Waals surface area contributed by atoms with Gasteiger partial charge in [-0.15, -0.1) is 11.6 Å². The van der Waals surface area contributed by atoms with Gasteiger partial charge in [-0.1, -0.05) is 6.42 Å². The lowest BCUT2D eigenvalue weighted by molar-refractivity contribution is -0.181. The van der Waals surface area contributed by atoms with Crippen molar-refractivity contribution in [3.05, 3.63) is 0 Å². The van der Waals surface area contributed by atoms with Crippen molar-refractivity contribution in [2.75, 3.05) is 45.9 Å². The molecule has 31 heavy (non-hydrogen) atoms. The molecular formula is C20H34ClF3N2O4S. The minimum Gasteiger partial charge on any atom is -0.394 e. The van der Waals surface area contributed by atoms with Gasteiger partial charge < -0.3 is 14.7 Å². The molecule has 1 heterocycles. The van der Waals surface area contributed by atoms with Gasteiger partial charge >= 0.3 is 6.18 Å². The third kappa shape index (κ3) is 6.69. The maximum absolute atomic E-state index is 13.2. The Hall–Kier alpha value is -0.130. The van der Waals surface area contributed by atoms with E-state index in [4.69, 9.17) is 21.4 Å². The van der Waals surface area contributed by atoms with E-state index >= 15 is 0 Å². The lowest BCUT2D eigenvalue weighted by Gasteiger charge is -2.41. The standard InChI is InChI=1S/C20H34ClF3N2O4S/c21-18-5-4-16(20(22,23)24)13-19(18)31(28,29)26-8-6-25(7-9-26)14-15-2-1-3-17(12-15)30-11-10-27/h15-19,27H,1-14H2. The van der Waals surface area contributed by atoms with Crippen LogP contribution in [-0.4, -0.2) is 91.6 Å². The largest absolute Gasteiger partial charge is 0.394 e. The molecule has 6 nitrogen and oxygen atoms in total. The second-order valence-corrected chi connectivity index (χ2v) is 11.8. The predicted molar refractivity (Wildman–Crippen MR) is 113 cm³/mol. The van der Waals surface area contributed by atoms with E-state index < -0.39 is 39.2 Å². The molecule has 0 spiro atoms. The normalized spacial score (nSPS) is 34.7. The van der Waals surface area contributed by atoms with Crippen molar-refractivity contribution in [2.45, 2.75) is 67.9 Å². The minimum absolute atomic E-state index is 0.0193. The van der Waals surface area contributed by atoms with Crippen molar-refractivity contribution in [1.82, 2.24) is 9.21 Å². The van der Waals surface area contributed by atoms with Crippen molar-refractivity contribution in [1.29, 1.82) is 0 Å². The van der Waals surface area contributed by atoms with Crippen LogP contribution in [0.15, 0.2) is 0 Å². The number of ether oxygens (including phenoxy) is 1. The number of hydrogen-bond donors (Lipinski definition) is 1. The van der Waals surface area contributed by atoms with Crippen LogP contribution in [0.1, 0.15) is 44.9 Å². The average molecular weight is 491 g/mol. The van der Waals surface area contributed by atoms with Crippen molar-refractivity contribution < 1.29 is 31.4 Å². The molecular weight excluding hydrogens is 457 g/mol. The third-order valence-corrected chi connectivity index (χ3v) is 9.99. The molecule has 0 amide bonds. The molecule has 3 aliphatic rings. The Labute approximate surface area is 188 Å². The van der Waals surface area contributed by atoms with Crippen LogP contribution >= 0.6 is 11.6 Å². The van der Waals surface area contributed by atoms with Crippen LogP contribution in [0.3, 0.4) is 0 Å². The second-order valence-electron chi connectivity index (χ2n) is 9.10. The Kier molecular flexibility index (Phi) is 8.93. The number of aliphatic hydroxyl groups is 1. The molecule has 3 fully saturated rings. The molecule has 3 rings (SSSR count). The lowest BCUT2D eigenvalue weighted by Crippen LogP contribution is -2.54. The summed E-state index contributed by atoms with van der Waals surface area (Å²) >= 11 is 6.20. The van der Waals surface area contributed by atoms with Gasteiger partial charge in [0, 0.05) is 32.7 Å². The van der Waals surface area contributed by atoms with E-state index in [9.17, 15) is 21.6 Å². The fraction of sp³-hybridized carbons (Fsp3) is 1.00. The number of aliphatic hydroxyl groups excluding tert-OH is 1. The molecule has 0 aromatic rings. The Balaban J connectivity index is 1.51. The molecule has 0 aromatic carbocycles. The highest BCUT2D eigenvalue weighted by Gasteiger charge is 2.49. The van der Waals surface area contributed by atoms with Crippen LogP contribution < -0.4 is 0 Å². The van der Waals surface area contributed by atoms with Crippen LogP contribution in [0.5, 0.6) is 0 Å². The van der Waals surface area contributed by atoms with Gasteiger partial charge in [-0.3, -0.25) is 0 Å². The summed E-state index contributed by atoms with van der Waals surface area (Å²) in [4.78, 5) is 2.24. The summed E-state index contributed by atoms with van der Waals surface area (Å²) < 4.78 is 72.7. The number of sulfonamides is 1. The summed E-state index contributed by atoms with van der Waals surface area (Å²) in [6.45, 7) is 2.95. The van der Waals surface area contributed by atoms with E-state index in [2.05, 4.69) is 4.90 Å². The molecule has 2 aliphatic carbocycles. The molecule has 11 heteroatoms. The summed E-state index contributed by atoms with van der Waals surface area (Å²) in [5.41, 5.74) is 0. The Bertz CT molecular complexity index is 674. The molecule has 5 atom stereocenters. The first-order valence-corrected chi connectivity index (χ1v) is 13.2. The van der Waals surface area contributed by atoms with Crippen molar-refractivity contribution in [3.8, 4) is 0 Å². The lowest BCUT2D eigenvalue weighted by atomic mass is 9.86. The Morgan fingerprint density at radius 2 is 1.74 bits per heavy atom. The van der Waals surface area contributed by atoms with Crippen molar-refractivity contribution in [2.24, 2.45) is 11.8 Å². The van der Waals surface area contributed by atoms with Gasteiger partial charge in [0.1, 0.15) is 0 Å². The van der Waals surface area contributed by atoms with Crippen LogP contribution in [0.4, 0.5) is 13.2 Å². The quantitative estimate of drug-likeness (QED) is 0.556. The fourth-order valence-corrected chi connectivity index (χ4v) is 7.86. The van der Waals surface area contributed by atoms with E-state index in [-0.39, 0.29) is 38.6 Å². The number of nitrogens with zero attached hydrogens (tertiary/aromatic N) is 2. The summed E-state index contributed by atoms with van der Waals surface area (Å²) in [6, 6.07) is 0. The van der Waals surface area contributed by atoms with E-state index in [1.807, 2.05) is 0 Å². The topological polar surface area (TPSA) is 70.1 Å². The number of halogens is 4. The highest BCUT2D eigenvalue weighted by atomic mass is 35.5. The van der Waals surface area contributed by atoms with E-state index in [1.54, 1.807) is 0 Å². The Morgan fingerprint density at radius 1 is 1.03 bits per heavy atom. The highest BCUT2D eigenvalue weighted by Crippen LogP contribution is 2.42. The molecule has 1 aliphatic heterocycles. The summed E-state index contributed by atoms with van der Waals surface area (Å²) in [5, 5.41) is 6.97. The maximum Gasteiger partial charge on any atom is 0.391 e. The number of alkyl halides is 4. The van der Waals surface area contributed by atoms with E-state index in [0.29, 0.717) is 25.6 Å². The van der Waals surface area contributed by atoms with Crippen LogP contribution in [-0.2, 0) is 14.8 Å². The predicted octanol–water partition coefficient (Wildman–Crippen LogP) is 2.84. The zero-order valence-corrected chi connectivity index (χ0v) is 19.3. The summed E-state index contributed by atoms with van der Waals surface area (Å²) in [5.74, 6) is -1.13. The Morgan fingerprint density at radius 3 is 2.39 bits per heavy atom. The van der Waals surface area contributed by atoms with Gasteiger partial charge in [-0.2, -0.15) is 17.5 Å². The van der Waals surface area contributed by atoms with Gasteiger partial charge in [0.15, 0.2) is 0 Å². The van der Waals surface area contributed by atoms with Crippen molar-refractivity contribution in [3.63, 3.8) is 0 Å². The summed E-state index contributed by atoms with van der Waals surface area (Å²) in [6.07, 6.45) is -0.587. The van der Waals surface area contributed by atoms with Crippen molar-refractivity contribution >= 4 is 21.6 Å². The van der Waals surface area contributed by atoms with Gasteiger partial charge in [0.05, 0.1) is 35.9 Å². The molecule has 0 bridgehead atoms. The maximum atomic E-state index is 13.2. The molecule has 2 saturated carbocycles. The van der Waals surface area contributed by atoms with Crippen LogP contribution in [0.25, 0.3) is 0 Å². The van der Waals surface area contributed by atoms with Crippen LogP contribution in [0, 0.1) is 11.8 Å². The molecule has 0 radical (unpaired) electrons. The van der Waals surface area contributed by atoms with E-state index in [1.165, 1.54) is 4.31 Å². The van der Waals surface area contributed by atoms with Gasteiger partial charge in [0.2, 0.25) is 10.0 Å². The first-order valence-electron chi connectivity index (χ1n) is 11.3. The number of piperazine rings is 1. The van der Waals surface area contributed by atoms with Crippen LogP contribution in [0.2, 0.25) is 0 Å². The van der Waals surface area contributed by atoms with E-state index in [0.717, 1.165) is 32.2 Å². The van der Waals surface area contributed by atoms with Gasteiger partial charge in [-0.25, -0.2) is 8.42 Å². The highest BCUT2D eigenvalue weighted by molar-refractivity contribution is 7.89. The molecule has 1 saturated heterocycles. The number of hydrogen-bond acceptors (Lipinski definition) is 5. The minimum atomic E-state index is -4.39. The summed E-state index contributed by atoms with van der Waals surface area (Å²) in [7, 11) is -3.87. The molecule has 1 N–H and O–H groups in total. The second kappa shape index (κ2) is 10.9. The van der Waals surface area contributed by atoms with Gasteiger partial charge in [0.25, 0.3) is 0 Å². The fourth-order valence-electron chi connectivity index (χ4n) is 5.20. The zero-order valence-electron chi connectivity index (χ0n) is 17.8. The molecule has 182 valence electrons. The number of rotatable bonds is 7. The average Bonchev–Trinajstić information content (AvgIpc) is 2.72. The first kappa shape index (κ1) is 25.5. The first-order chi connectivity index (χ1) is 14.6. The molecule has 0 aromatic heterocycles. The van der Waals surface area contributed by atoms with Gasteiger partial charge in [-0.05, 0) is 44.4 Å².